The van der Waals surface area contributed by atoms with Crippen molar-refractivity contribution in [2.45, 2.75) is 4.90 Å². The summed E-state index contributed by atoms with van der Waals surface area (Å²) in [4.78, 5) is 9.03. The molecule has 1 N–H and O–H groups in total. The van der Waals surface area contributed by atoms with E-state index in [0.29, 0.717) is 10.7 Å². The molecule has 112 valence electrons. The monoisotopic (exact) mass is 346 g/mol. The fourth-order valence-corrected chi connectivity index (χ4v) is 2.97. The van der Waals surface area contributed by atoms with Gasteiger partial charge in [0.05, 0.1) is 28.8 Å². The van der Waals surface area contributed by atoms with Gasteiger partial charge in [-0.15, -0.1) is 0 Å². The second-order valence-corrected chi connectivity index (χ2v) is 6.78. The van der Waals surface area contributed by atoms with Crippen LogP contribution in [0.4, 0.5) is 11.4 Å². The molecule has 0 aliphatic rings. The van der Waals surface area contributed by atoms with Gasteiger partial charge in [0.25, 0.3) is 10.0 Å². The Morgan fingerprint density at radius 2 is 1.76 bits per heavy atom. The quantitative estimate of drug-likeness (QED) is 0.861. The Kier molecular flexibility index (Phi) is 4.55. The van der Waals surface area contributed by atoms with Crippen LogP contribution in [-0.4, -0.2) is 32.5 Å². The molecule has 6 nitrogen and oxygen atoms in total. The number of aromatic nitrogens is 2. The molecule has 1 aromatic carbocycles. The lowest BCUT2D eigenvalue weighted by molar-refractivity contribution is 0.600. The van der Waals surface area contributed by atoms with Crippen molar-refractivity contribution in [2.75, 3.05) is 23.7 Å². The molecule has 0 unspecified atom stereocenters. The minimum Gasteiger partial charge on any atom is -0.376 e. The van der Waals surface area contributed by atoms with Crippen molar-refractivity contribution in [1.82, 2.24) is 9.97 Å². The number of hydrogen-bond donors (Lipinski definition) is 1. The topological polar surface area (TPSA) is 75.2 Å². The van der Waals surface area contributed by atoms with Gasteiger partial charge in [-0.2, -0.15) is 0 Å². The number of nitrogens with one attached hydrogen (secondary N) is 1. The van der Waals surface area contributed by atoms with Gasteiger partial charge in [0.1, 0.15) is 4.90 Å². The molecular weight excluding hydrogens is 335 g/mol. The normalized spacial score (nSPS) is 11.2. The zero-order chi connectivity index (χ0) is 15.6. The fourth-order valence-electron chi connectivity index (χ4n) is 1.59. The molecule has 1 heterocycles. The third kappa shape index (κ3) is 3.75. The largest absolute Gasteiger partial charge is 0.376 e. The van der Waals surface area contributed by atoms with E-state index >= 15 is 0 Å². The molecule has 21 heavy (non-hydrogen) atoms. The van der Waals surface area contributed by atoms with Crippen LogP contribution in [0, 0.1) is 0 Å². The molecule has 0 atom stereocenters. The zero-order valence-corrected chi connectivity index (χ0v) is 13.5. The van der Waals surface area contributed by atoms with Crippen molar-refractivity contribution in [1.29, 1.82) is 0 Å². The first-order valence-corrected chi connectivity index (χ1v) is 8.01. The van der Waals surface area contributed by atoms with Gasteiger partial charge in [0.2, 0.25) is 5.28 Å². The van der Waals surface area contributed by atoms with E-state index in [1.807, 2.05) is 19.0 Å². The van der Waals surface area contributed by atoms with Crippen LogP contribution in [0.15, 0.2) is 35.5 Å². The predicted octanol–water partition coefficient (Wildman–Crippen LogP) is 2.65. The summed E-state index contributed by atoms with van der Waals surface area (Å²) in [7, 11) is -0.0991. The smallest absolute Gasteiger partial charge is 0.264 e. The van der Waals surface area contributed by atoms with E-state index in [0.717, 1.165) is 18.1 Å². The summed E-state index contributed by atoms with van der Waals surface area (Å²) in [5.41, 5.74) is 1.13. The Bertz CT molecular complexity index is 748. The van der Waals surface area contributed by atoms with E-state index in [4.69, 9.17) is 23.2 Å². The van der Waals surface area contributed by atoms with Crippen LogP contribution in [0.5, 0.6) is 0 Å². The number of sulfonamides is 1. The molecule has 0 aliphatic carbocycles. The maximum atomic E-state index is 12.2. The van der Waals surface area contributed by atoms with Gasteiger partial charge in [-0.05, 0) is 29.8 Å². The van der Waals surface area contributed by atoms with Crippen LogP contribution in [0.2, 0.25) is 10.3 Å². The van der Waals surface area contributed by atoms with Crippen LogP contribution in [0.1, 0.15) is 0 Å². The van der Waals surface area contributed by atoms with Crippen LogP contribution < -0.4 is 9.62 Å². The Balaban J connectivity index is 2.29. The Hall–Kier alpha value is -1.57. The van der Waals surface area contributed by atoms with E-state index in [9.17, 15) is 8.42 Å². The molecule has 0 aliphatic heterocycles. The van der Waals surface area contributed by atoms with Crippen LogP contribution in [-0.2, 0) is 10.0 Å². The van der Waals surface area contributed by atoms with Gasteiger partial charge in [0, 0.05) is 14.1 Å². The van der Waals surface area contributed by atoms with Crippen LogP contribution in [0.3, 0.4) is 0 Å². The van der Waals surface area contributed by atoms with E-state index < -0.39 is 10.0 Å². The number of benzene rings is 1. The molecule has 0 radical (unpaired) electrons. The summed E-state index contributed by atoms with van der Waals surface area (Å²) >= 11 is 11.6. The SMILES string of the molecule is CN(C)c1ccc(NS(=O)(=O)c2cnc(Cl)nc2)cc1Cl. The first-order chi connectivity index (χ1) is 9.79. The minimum atomic E-state index is -3.79. The zero-order valence-electron chi connectivity index (χ0n) is 11.2. The first kappa shape index (κ1) is 15.8. The summed E-state index contributed by atoms with van der Waals surface area (Å²) < 4.78 is 26.7. The highest BCUT2D eigenvalue weighted by molar-refractivity contribution is 7.92. The highest BCUT2D eigenvalue weighted by Crippen LogP contribution is 2.28. The standard InChI is InChI=1S/C12H12Cl2N4O2S/c1-18(2)11-4-3-8(5-10(11)13)17-21(19,20)9-6-15-12(14)16-7-9/h3-7,17H,1-2H3. The molecule has 0 fully saturated rings. The van der Waals surface area contributed by atoms with Gasteiger partial charge in [-0.1, -0.05) is 11.6 Å². The Labute approximate surface area is 132 Å². The summed E-state index contributed by atoms with van der Waals surface area (Å²) in [6.45, 7) is 0. The lowest BCUT2D eigenvalue weighted by Crippen LogP contribution is -2.14. The predicted molar refractivity (Wildman–Crippen MR) is 83.6 cm³/mol. The average molecular weight is 347 g/mol. The van der Waals surface area contributed by atoms with Crippen LogP contribution in [0.25, 0.3) is 0 Å². The summed E-state index contributed by atoms with van der Waals surface area (Å²) in [6, 6.07) is 4.87. The van der Waals surface area contributed by atoms with Gasteiger partial charge >= 0.3 is 0 Å². The van der Waals surface area contributed by atoms with E-state index in [-0.39, 0.29) is 10.2 Å². The lowest BCUT2D eigenvalue weighted by atomic mass is 10.3. The van der Waals surface area contributed by atoms with E-state index in [1.54, 1.807) is 12.1 Å². The molecule has 9 heteroatoms. The Morgan fingerprint density at radius 3 is 2.29 bits per heavy atom. The maximum Gasteiger partial charge on any atom is 0.264 e. The second kappa shape index (κ2) is 6.05. The third-order valence-electron chi connectivity index (χ3n) is 2.59. The van der Waals surface area contributed by atoms with Crippen molar-refractivity contribution in [3.8, 4) is 0 Å². The molecular formula is C12H12Cl2N4O2S. The molecule has 0 saturated heterocycles. The fraction of sp³-hybridized carbons (Fsp3) is 0.167. The van der Waals surface area contributed by atoms with Gasteiger partial charge in [-0.3, -0.25) is 4.72 Å². The second-order valence-electron chi connectivity index (χ2n) is 4.35. The molecule has 0 bridgehead atoms. The number of nitrogens with zero attached hydrogens (tertiary/aromatic N) is 3. The van der Waals surface area contributed by atoms with Crippen molar-refractivity contribution in [2.24, 2.45) is 0 Å². The summed E-state index contributed by atoms with van der Waals surface area (Å²) in [5, 5.41) is 0.417. The molecule has 0 spiro atoms. The van der Waals surface area contributed by atoms with E-state index in [2.05, 4.69) is 14.7 Å². The Morgan fingerprint density at radius 1 is 1.14 bits per heavy atom. The molecule has 1 aromatic heterocycles. The number of rotatable bonds is 4. The van der Waals surface area contributed by atoms with Crippen molar-refractivity contribution < 1.29 is 8.42 Å². The lowest BCUT2D eigenvalue weighted by Gasteiger charge is -2.15. The highest BCUT2D eigenvalue weighted by atomic mass is 35.5. The molecule has 2 rings (SSSR count). The summed E-state index contributed by atoms with van der Waals surface area (Å²) in [6.07, 6.45) is 2.26. The maximum absolute atomic E-state index is 12.2. The third-order valence-corrected chi connectivity index (χ3v) is 4.42. The molecule has 0 amide bonds. The number of anilines is 2. The van der Waals surface area contributed by atoms with Crippen molar-refractivity contribution >= 4 is 44.6 Å². The van der Waals surface area contributed by atoms with Crippen LogP contribution >= 0.6 is 23.2 Å². The average Bonchev–Trinajstić information content (AvgIpc) is 2.38. The van der Waals surface area contributed by atoms with Crippen molar-refractivity contribution in [3.05, 3.63) is 40.9 Å². The molecule has 2 aromatic rings. The molecule has 0 saturated carbocycles. The van der Waals surface area contributed by atoms with Gasteiger partial charge in [-0.25, -0.2) is 18.4 Å². The summed E-state index contributed by atoms with van der Waals surface area (Å²) in [5.74, 6) is 0. The highest BCUT2D eigenvalue weighted by Gasteiger charge is 2.16. The van der Waals surface area contributed by atoms with Crippen molar-refractivity contribution in [3.63, 3.8) is 0 Å². The first-order valence-electron chi connectivity index (χ1n) is 5.77. The van der Waals surface area contributed by atoms with E-state index in [1.165, 1.54) is 6.07 Å². The minimum absolute atomic E-state index is 0.0210. The van der Waals surface area contributed by atoms with Gasteiger partial charge < -0.3 is 4.90 Å². The number of hydrogen-bond acceptors (Lipinski definition) is 5. The van der Waals surface area contributed by atoms with Gasteiger partial charge in [0.15, 0.2) is 0 Å². The number of halogens is 2.